The van der Waals surface area contributed by atoms with Crippen molar-refractivity contribution < 1.29 is 4.39 Å². The maximum Gasteiger partial charge on any atom is 0.267 e. The highest BCUT2D eigenvalue weighted by atomic mass is 19.1. The maximum absolute atomic E-state index is 12.6. The Hall–Kier alpha value is -1.97. The van der Waals surface area contributed by atoms with Gasteiger partial charge in [-0.1, -0.05) is 12.1 Å². The molecule has 3 nitrogen and oxygen atoms in total. The van der Waals surface area contributed by atoms with Crippen LogP contribution in [0.4, 0.5) is 4.39 Å². The van der Waals surface area contributed by atoms with E-state index >= 15 is 0 Å². The summed E-state index contributed by atoms with van der Waals surface area (Å²) in [6.45, 7) is 0.361. The van der Waals surface area contributed by atoms with Gasteiger partial charge in [0, 0.05) is 12.3 Å². The van der Waals surface area contributed by atoms with Gasteiger partial charge in [0.1, 0.15) is 5.82 Å². The standard InChI is InChI=1S/C11H9FN2O/c12-10-5-3-9(4-6-10)8-14-11(15)2-1-7-13-14/h1-7H,8H2. The van der Waals surface area contributed by atoms with Crippen LogP contribution in [0.5, 0.6) is 0 Å². The SMILES string of the molecule is O=c1cccnn1Cc1ccc(F)cc1. The molecule has 0 amide bonds. The highest BCUT2D eigenvalue weighted by Gasteiger charge is 1.98. The number of rotatable bonds is 2. The molecule has 76 valence electrons. The molecule has 4 heteroatoms. The summed E-state index contributed by atoms with van der Waals surface area (Å²) in [6, 6.07) is 9.03. The maximum atomic E-state index is 12.6. The Kier molecular flexibility index (Phi) is 2.58. The summed E-state index contributed by atoms with van der Waals surface area (Å²) in [4.78, 5) is 11.3. The van der Waals surface area contributed by atoms with E-state index in [1.54, 1.807) is 24.4 Å². The summed E-state index contributed by atoms with van der Waals surface area (Å²) < 4.78 is 13.9. The summed E-state index contributed by atoms with van der Waals surface area (Å²) in [5.41, 5.74) is 0.680. The van der Waals surface area contributed by atoms with Gasteiger partial charge in [-0.3, -0.25) is 4.79 Å². The van der Waals surface area contributed by atoms with E-state index in [-0.39, 0.29) is 11.4 Å². The Morgan fingerprint density at radius 3 is 2.60 bits per heavy atom. The molecule has 15 heavy (non-hydrogen) atoms. The summed E-state index contributed by atoms with van der Waals surface area (Å²) in [5, 5.41) is 3.91. The van der Waals surface area contributed by atoms with Crippen LogP contribution in [0.2, 0.25) is 0 Å². The number of benzene rings is 1. The number of hydrogen-bond donors (Lipinski definition) is 0. The van der Waals surface area contributed by atoms with Crippen LogP contribution < -0.4 is 5.56 Å². The van der Waals surface area contributed by atoms with Crippen LogP contribution in [0, 0.1) is 5.82 Å². The molecule has 1 heterocycles. The smallest absolute Gasteiger partial charge is 0.267 e. The van der Waals surface area contributed by atoms with Crippen molar-refractivity contribution in [3.63, 3.8) is 0 Å². The molecule has 0 saturated carbocycles. The second kappa shape index (κ2) is 4.04. The molecule has 2 aromatic rings. The van der Waals surface area contributed by atoms with Crippen molar-refractivity contribution in [1.29, 1.82) is 0 Å². The molecule has 2 rings (SSSR count). The number of nitrogens with zero attached hydrogens (tertiary/aromatic N) is 2. The molecule has 0 saturated heterocycles. The minimum Gasteiger partial charge on any atom is -0.268 e. The van der Waals surface area contributed by atoms with Crippen LogP contribution in [0.25, 0.3) is 0 Å². The Morgan fingerprint density at radius 2 is 1.93 bits per heavy atom. The molecular weight excluding hydrogens is 195 g/mol. The van der Waals surface area contributed by atoms with E-state index < -0.39 is 0 Å². The van der Waals surface area contributed by atoms with Crippen molar-refractivity contribution in [2.75, 3.05) is 0 Å². The highest BCUT2D eigenvalue weighted by molar-refractivity contribution is 5.16. The lowest BCUT2D eigenvalue weighted by molar-refractivity contribution is 0.619. The van der Waals surface area contributed by atoms with Gasteiger partial charge in [0.25, 0.3) is 5.56 Å². The lowest BCUT2D eigenvalue weighted by Gasteiger charge is -2.02. The zero-order valence-corrected chi connectivity index (χ0v) is 7.93. The molecule has 0 unspecified atom stereocenters. The van der Waals surface area contributed by atoms with Crippen molar-refractivity contribution in [2.45, 2.75) is 6.54 Å². The number of hydrogen-bond acceptors (Lipinski definition) is 2. The second-order valence-electron chi connectivity index (χ2n) is 3.15. The van der Waals surface area contributed by atoms with E-state index in [2.05, 4.69) is 5.10 Å². The molecule has 0 aliphatic carbocycles. The lowest BCUT2D eigenvalue weighted by Crippen LogP contribution is -2.21. The van der Waals surface area contributed by atoms with E-state index in [0.29, 0.717) is 6.54 Å². The third-order valence-electron chi connectivity index (χ3n) is 2.03. The highest BCUT2D eigenvalue weighted by Crippen LogP contribution is 2.02. The fourth-order valence-electron chi connectivity index (χ4n) is 1.27. The summed E-state index contributed by atoms with van der Waals surface area (Å²) in [5.74, 6) is -0.285. The monoisotopic (exact) mass is 204 g/mol. The zero-order chi connectivity index (χ0) is 10.7. The zero-order valence-electron chi connectivity index (χ0n) is 7.93. The van der Waals surface area contributed by atoms with Gasteiger partial charge in [-0.25, -0.2) is 9.07 Å². The topological polar surface area (TPSA) is 34.9 Å². The molecule has 0 spiro atoms. The molecule has 0 aliphatic heterocycles. The molecule has 0 aliphatic rings. The summed E-state index contributed by atoms with van der Waals surface area (Å²) >= 11 is 0. The molecule has 0 radical (unpaired) electrons. The first-order chi connectivity index (χ1) is 7.25. The molecule has 0 bridgehead atoms. The molecule has 0 atom stereocenters. The van der Waals surface area contributed by atoms with Gasteiger partial charge in [0.15, 0.2) is 0 Å². The van der Waals surface area contributed by atoms with Gasteiger partial charge in [-0.05, 0) is 23.8 Å². The summed E-state index contributed by atoms with van der Waals surface area (Å²) in [6.07, 6.45) is 1.55. The average Bonchev–Trinajstić information content (AvgIpc) is 2.25. The van der Waals surface area contributed by atoms with Crippen molar-refractivity contribution in [3.8, 4) is 0 Å². The first kappa shape index (κ1) is 9.58. The minimum absolute atomic E-state index is 0.165. The van der Waals surface area contributed by atoms with E-state index in [4.69, 9.17) is 0 Å². The fourth-order valence-corrected chi connectivity index (χ4v) is 1.27. The number of halogens is 1. The van der Waals surface area contributed by atoms with Crippen molar-refractivity contribution in [2.24, 2.45) is 0 Å². The van der Waals surface area contributed by atoms with Crippen LogP contribution >= 0.6 is 0 Å². The normalized spacial score (nSPS) is 10.2. The van der Waals surface area contributed by atoms with Gasteiger partial charge < -0.3 is 0 Å². The molecule has 0 fully saturated rings. The molecule has 0 N–H and O–H groups in total. The fraction of sp³-hybridized carbons (Fsp3) is 0.0909. The van der Waals surface area contributed by atoms with Gasteiger partial charge in [-0.2, -0.15) is 5.10 Å². The van der Waals surface area contributed by atoms with Crippen molar-refractivity contribution in [3.05, 3.63) is 64.3 Å². The Morgan fingerprint density at radius 1 is 1.20 bits per heavy atom. The van der Waals surface area contributed by atoms with Crippen molar-refractivity contribution in [1.82, 2.24) is 9.78 Å². The average molecular weight is 204 g/mol. The number of aromatic nitrogens is 2. The first-order valence-corrected chi connectivity index (χ1v) is 4.52. The van der Waals surface area contributed by atoms with Gasteiger partial charge in [-0.15, -0.1) is 0 Å². The predicted molar refractivity (Wildman–Crippen MR) is 54.0 cm³/mol. The van der Waals surface area contributed by atoms with Crippen LogP contribution in [0.1, 0.15) is 5.56 Å². The Balaban J connectivity index is 2.26. The minimum atomic E-state index is -0.285. The quantitative estimate of drug-likeness (QED) is 0.741. The van der Waals surface area contributed by atoms with Gasteiger partial charge >= 0.3 is 0 Å². The lowest BCUT2D eigenvalue weighted by atomic mass is 10.2. The van der Waals surface area contributed by atoms with Crippen LogP contribution in [-0.4, -0.2) is 9.78 Å². The van der Waals surface area contributed by atoms with E-state index in [1.807, 2.05) is 0 Å². The van der Waals surface area contributed by atoms with Gasteiger partial charge in [0.2, 0.25) is 0 Å². The summed E-state index contributed by atoms with van der Waals surface area (Å²) in [7, 11) is 0. The third-order valence-corrected chi connectivity index (χ3v) is 2.03. The molecule has 1 aromatic carbocycles. The predicted octanol–water partition coefficient (Wildman–Crippen LogP) is 1.43. The van der Waals surface area contributed by atoms with Gasteiger partial charge in [0.05, 0.1) is 6.54 Å². The van der Waals surface area contributed by atoms with Crippen LogP contribution in [0.3, 0.4) is 0 Å². The van der Waals surface area contributed by atoms with Crippen LogP contribution in [-0.2, 0) is 6.54 Å². The second-order valence-corrected chi connectivity index (χ2v) is 3.15. The third kappa shape index (κ3) is 2.28. The Labute approximate surface area is 85.8 Å². The van der Waals surface area contributed by atoms with E-state index in [0.717, 1.165) is 5.56 Å². The molecular formula is C11H9FN2O. The first-order valence-electron chi connectivity index (χ1n) is 4.52. The molecule has 1 aromatic heterocycles. The largest absolute Gasteiger partial charge is 0.268 e. The van der Waals surface area contributed by atoms with Crippen LogP contribution in [0.15, 0.2) is 47.4 Å². The van der Waals surface area contributed by atoms with E-state index in [1.165, 1.54) is 22.9 Å². The van der Waals surface area contributed by atoms with Crippen molar-refractivity contribution >= 4 is 0 Å². The Bertz CT molecular complexity index is 504. The van der Waals surface area contributed by atoms with E-state index in [9.17, 15) is 9.18 Å².